The van der Waals surface area contributed by atoms with Crippen molar-refractivity contribution in [1.82, 2.24) is 4.98 Å². The highest BCUT2D eigenvalue weighted by Crippen LogP contribution is 2.60. The Labute approximate surface area is 135 Å². The number of fused-ring (bicyclic) bond motifs is 1. The Morgan fingerprint density at radius 1 is 0.680 bits per heavy atom. The van der Waals surface area contributed by atoms with E-state index in [1.807, 2.05) is 0 Å². The molecule has 140 valence electrons. The largest absolute Gasteiger partial charge is 0.460 e. The third-order valence-corrected chi connectivity index (χ3v) is 4.21. The Hall–Kier alpha value is -1.66. The van der Waals surface area contributed by atoms with Crippen LogP contribution >= 0.6 is 11.3 Å². The summed E-state index contributed by atoms with van der Waals surface area (Å²) in [5.74, 6) is -28.0. The van der Waals surface area contributed by atoms with Crippen LogP contribution in [0.25, 0.3) is 10.2 Å². The molecular weight excluding hydrogens is 399 g/mol. The van der Waals surface area contributed by atoms with E-state index >= 15 is 0 Å². The molecular formula is C12H4F11NS. The fourth-order valence-corrected chi connectivity index (χ4v) is 2.69. The lowest BCUT2D eigenvalue weighted by Gasteiger charge is -2.36. The summed E-state index contributed by atoms with van der Waals surface area (Å²) in [6, 6.07) is 4.61. The van der Waals surface area contributed by atoms with Crippen molar-refractivity contribution in [1.29, 1.82) is 0 Å². The van der Waals surface area contributed by atoms with E-state index in [-0.39, 0.29) is 21.6 Å². The topological polar surface area (TPSA) is 12.9 Å². The number of para-hydroxylation sites is 1. The maximum atomic E-state index is 13.8. The number of benzene rings is 1. The van der Waals surface area contributed by atoms with Gasteiger partial charge < -0.3 is 0 Å². The van der Waals surface area contributed by atoms with Crippen molar-refractivity contribution in [3.63, 3.8) is 0 Å². The molecule has 1 aromatic heterocycles. The van der Waals surface area contributed by atoms with Gasteiger partial charge in [0.1, 0.15) is 0 Å². The van der Waals surface area contributed by atoms with E-state index in [4.69, 9.17) is 0 Å². The molecule has 2 aromatic rings. The van der Waals surface area contributed by atoms with Gasteiger partial charge in [-0.25, -0.2) is 4.98 Å². The number of hydrogen-bond donors (Lipinski definition) is 0. The lowest BCUT2D eigenvalue weighted by molar-refractivity contribution is -0.424. The van der Waals surface area contributed by atoms with Gasteiger partial charge in [0.25, 0.3) is 0 Å². The van der Waals surface area contributed by atoms with Crippen molar-refractivity contribution >= 4 is 21.6 Å². The van der Waals surface area contributed by atoms with Crippen LogP contribution in [-0.2, 0) is 5.92 Å². The van der Waals surface area contributed by atoms with Gasteiger partial charge in [0.2, 0.25) is 0 Å². The first-order valence-corrected chi connectivity index (χ1v) is 6.83. The van der Waals surface area contributed by atoms with Crippen LogP contribution in [0.4, 0.5) is 48.3 Å². The molecule has 0 unspecified atom stereocenters. The van der Waals surface area contributed by atoms with Gasteiger partial charge in [-0.1, -0.05) is 12.1 Å². The predicted molar refractivity (Wildman–Crippen MR) is 64.4 cm³/mol. The highest BCUT2D eigenvalue weighted by atomic mass is 32.1. The maximum Gasteiger partial charge on any atom is 0.460 e. The molecule has 0 atom stereocenters. The molecule has 1 aromatic carbocycles. The zero-order chi connectivity index (χ0) is 19.5. The van der Waals surface area contributed by atoms with Crippen molar-refractivity contribution in [2.45, 2.75) is 29.9 Å². The Morgan fingerprint density at radius 2 is 1.20 bits per heavy atom. The third-order valence-electron chi connectivity index (χ3n) is 3.10. The average Bonchev–Trinajstić information content (AvgIpc) is 2.90. The number of aromatic nitrogens is 1. The Morgan fingerprint density at radius 3 is 1.68 bits per heavy atom. The summed E-state index contributed by atoms with van der Waals surface area (Å²) in [6.07, 6.45) is -7.18. The lowest BCUT2D eigenvalue weighted by atomic mass is 9.98. The number of thiazole rings is 1. The zero-order valence-electron chi connectivity index (χ0n) is 11.3. The summed E-state index contributed by atoms with van der Waals surface area (Å²) in [4.78, 5) is 2.94. The van der Waals surface area contributed by atoms with Gasteiger partial charge in [-0.3, -0.25) is 0 Å². The van der Waals surface area contributed by atoms with E-state index in [2.05, 4.69) is 4.98 Å². The highest BCUT2D eigenvalue weighted by molar-refractivity contribution is 7.18. The van der Waals surface area contributed by atoms with Crippen molar-refractivity contribution in [3.05, 3.63) is 29.3 Å². The van der Waals surface area contributed by atoms with Crippen molar-refractivity contribution < 1.29 is 48.3 Å². The Bertz CT molecular complexity index is 744. The van der Waals surface area contributed by atoms with E-state index in [1.54, 1.807) is 0 Å². The number of alkyl halides is 11. The van der Waals surface area contributed by atoms with Crippen LogP contribution in [-0.4, -0.2) is 28.9 Å². The Kier molecular flexibility index (Phi) is 4.26. The van der Waals surface area contributed by atoms with E-state index in [0.29, 0.717) is 0 Å². The number of halogens is 11. The summed E-state index contributed by atoms with van der Waals surface area (Å²) in [5.41, 5.74) is -0.344. The fraction of sp³-hybridized carbons (Fsp3) is 0.417. The smallest absolute Gasteiger partial charge is 0.235 e. The number of nitrogens with zero attached hydrogens (tertiary/aromatic N) is 1. The van der Waals surface area contributed by atoms with Gasteiger partial charge in [-0.05, 0) is 12.1 Å². The van der Waals surface area contributed by atoms with E-state index in [1.165, 1.54) is 12.1 Å². The van der Waals surface area contributed by atoms with E-state index < -0.39 is 34.9 Å². The minimum absolute atomic E-state index is 0.182. The summed E-state index contributed by atoms with van der Waals surface area (Å²) in [6.45, 7) is 0. The van der Waals surface area contributed by atoms with Crippen LogP contribution in [0.5, 0.6) is 0 Å². The van der Waals surface area contributed by atoms with Crippen molar-refractivity contribution in [2.75, 3.05) is 0 Å². The molecule has 0 saturated carbocycles. The van der Waals surface area contributed by atoms with Crippen LogP contribution in [0.3, 0.4) is 0 Å². The molecule has 0 saturated heterocycles. The molecule has 0 aliphatic rings. The lowest BCUT2D eigenvalue weighted by Crippen LogP contribution is -2.65. The molecule has 25 heavy (non-hydrogen) atoms. The quantitative estimate of drug-likeness (QED) is 0.583. The molecule has 1 heterocycles. The highest BCUT2D eigenvalue weighted by Gasteiger charge is 2.87. The summed E-state index contributed by atoms with van der Waals surface area (Å²) in [7, 11) is 0. The average molecular weight is 403 g/mol. The second-order valence-electron chi connectivity index (χ2n) is 4.78. The summed E-state index contributed by atoms with van der Waals surface area (Å²) < 4.78 is 142. The molecule has 0 radical (unpaired) electrons. The van der Waals surface area contributed by atoms with E-state index in [9.17, 15) is 48.3 Å². The van der Waals surface area contributed by atoms with Gasteiger partial charge in [0.05, 0.1) is 10.2 Å². The number of rotatable bonds is 4. The molecule has 1 nitrogen and oxygen atoms in total. The fourth-order valence-electron chi connectivity index (χ4n) is 1.71. The van der Waals surface area contributed by atoms with Crippen molar-refractivity contribution in [3.8, 4) is 0 Å². The summed E-state index contributed by atoms with van der Waals surface area (Å²) in [5, 5.41) is -2.02. The second kappa shape index (κ2) is 5.42. The molecule has 0 N–H and O–H groups in total. The van der Waals surface area contributed by atoms with Crippen LogP contribution in [0, 0.1) is 0 Å². The van der Waals surface area contributed by atoms with Crippen LogP contribution < -0.4 is 0 Å². The minimum atomic E-state index is -7.43. The van der Waals surface area contributed by atoms with Gasteiger partial charge >= 0.3 is 29.9 Å². The van der Waals surface area contributed by atoms with E-state index in [0.717, 1.165) is 12.1 Å². The van der Waals surface area contributed by atoms with Crippen LogP contribution in [0.15, 0.2) is 24.3 Å². The SMILES string of the molecule is FC(F)(F)C(F)(F)C(F)(F)C(F)(F)C(F)(F)c1nc2ccccc2s1. The first-order valence-electron chi connectivity index (χ1n) is 6.01. The molecule has 0 fully saturated rings. The molecule has 0 spiro atoms. The number of hydrogen-bond acceptors (Lipinski definition) is 2. The molecule has 0 aliphatic heterocycles. The molecule has 0 aliphatic carbocycles. The monoisotopic (exact) mass is 403 g/mol. The second-order valence-corrected chi connectivity index (χ2v) is 5.81. The van der Waals surface area contributed by atoms with Gasteiger partial charge in [-0.15, -0.1) is 11.3 Å². The van der Waals surface area contributed by atoms with Crippen molar-refractivity contribution in [2.24, 2.45) is 0 Å². The summed E-state index contributed by atoms with van der Waals surface area (Å²) >= 11 is -0.235. The molecule has 0 bridgehead atoms. The molecule has 13 heteroatoms. The maximum absolute atomic E-state index is 13.8. The van der Waals surface area contributed by atoms with Crippen LogP contribution in [0.2, 0.25) is 0 Å². The van der Waals surface area contributed by atoms with Gasteiger partial charge in [-0.2, -0.15) is 48.3 Å². The third kappa shape index (κ3) is 2.62. The zero-order valence-corrected chi connectivity index (χ0v) is 12.1. The van der Waals surface area contributed by atoms with Gasteiger partial charge in [0.15, 0.2) is 5.01 Å². The van der Waals surface area contributed by atoms with Crippen LogP contribution in [0.1, 0.15) is 5.01 Å². The molecule has 2 rings (SSSR count). The predicted octanol–water partition coefficient (Wildman–Crippen LogP) is 5.86. The Balaban J connectivity index is 2.59. The van der Waals surface area contributed by atoms with Gasteiger partial charge in [0, 0.05) is 0 Å². The standard InChI is InChI=1S/C12H4F11NS/c13-8(14,7-24-5-3-1-2-4-6(5)25-7)9(15,16)10(17,18)11(19,20)12(21,22)23/h1-4H. The normalized spacial score (nSPS) is 15.0. The minimum Gasteiger partial charge on any atom is -0.235 e. The first-order chi connectivity index (χ1) is 11.1. The first kappa shape index (κ1) is 19.7. The molecule has 0 amide bonds.